The first-order chi connectivity index (χ1) is 14.9. The van der Waals surface area contributed by atoms with Gasteiger partial charge in [0.15, 0.2) is 5.60 Å². The number of ether oxygens (including phenoxy) is 1. The molecular formula is C25H29FN2O3. The van der Waals surface area contributed by atoms with Crippen LogP contribution < -0.4 is 5.32 Å². The molecule has 1 heterocycles. The van der Waals surface area contributed by atoms with E-state index in [9.17, 15) is 14.0 Å². The molecule has 1 aliphatic heterocycles. The molecule has 1 atom stereocenters. The van der Waals surface area contributed by atoms with Gasteiger partial charge in [-0.1, -0.05) is 50.2 Å². The molecular weight excluding hydrogens is 395 g/mol. The molecule has 1 saturated heterocycles. The molecule has 2 fully saturated rings. The minimum absolute atomic E-state index is 0.0282. The summed E-state index contributed by atoms with van der Waals surface area (Å²) in [5, 5.41) is 3.08. The second kappa shape index (κ2) is 8.79. The molecule has 4 rings (SSSR count). The number of hydrogen-bond donors (Lipinski definition) is 1. The highest BCUT2D eigenvalue weighted by molar-refractivity contribution is 5.88. The second-order valence-corrected chi connectivity index (χ2v) is 8.89. The molecule has 0 spiro atoms. The smallest absolute Gasteiger partial charge is 0.254 e. The van der Waals surface area contributed by atoms with Crippen molar-refractivity contribution in [1.29, 1.82) is 0 Å². The van der Waals surface area contributed by atoms with E-state index in [0.717, 1.165) is 29.5 Å². The first-order valence-corrected chi connectivity index (χ1v) is 10.9. The number of carbonyl (C=O) groups is 2. The van der Waals surface area contributed by atoms with Crippen LogP contribution in [0.4, 0.5) is 4.39 Å². The molecule has 1 unspecified atom stereocenters. The maximum absolute atomic E-state index is 13.7. The molecule has 2 aliphatic rings. The molecule has 2 amide bonds. The van der Waals surface area contributed by atoms with E-state index >= 15 is 0 Å². The number of amides is 2. The van der Waals surface area contributed by atoms with E-state index in [-0.39, 0.29) is 36.1 Å². The van der Waals surface area contributed by atoms with E-state index in [1.165, 1.54) is 12.1 Å². The summed E-state index contributed by atoms with van der Waals surface area (Å²) < 4.78 is 19.8. The first-order valence-electron chi connectivity index (χ1n) is 10.9. The largest absolute Gasteiger partial charge is 0.361 e. The number of carbonyl (C=O) groups excluding carboxylic acids is 2. The summed E-state index contributed by atoms with van der Waals surface area (Å²) in [7, 11) is 0. The first kappa shape index (κ1) is 21.5. The lowest BCUT2D eigenvalue weighted by atomic mass is 9.89. The van der Waals surface area contributed by atoms with E-state index in [4.69, 9.17) is 4.74 Å². The Bertz CT molecular complexity index is 973. The molecule has 0 bridgehead atoms. The van der Waals surface area contributed by atoms with Crippen LogP contribution in [0, 0.1) is 11.7 Å². The highest BCUT2D eigenvalue weighted by Crippen LogP contribution is 2.29. The van der Waals surface area contributed by atoms with Crippen LogP contribution in [0.3, 0.4) is 0 Å². The summed E-state index contributed by atoms with van der Waals surface area (Å²) in [4.78, 5) is 27.7. The van der Waals surface area contributed by atoms with Crippen LogP contribution in [0.15, 0.2) is 48.5 Å². The van der Waals surface area contributed by atoms with Gasteiger partial charge in [0.1, 0.15) is 5.82 Å². The average molecular weight is 425 g/mol. The number of morpholine rings is 1. The fourth-order valence-corrected chi connectivity index (χ4v) is 4.07. The zero-order valence-corrected chi connectivity index (χ0v) is 18.1. The predicted molar refractivity (Wildman–Crippen MR) is 117 cm³/mol. The van der Waals surface area contributed by atoms with Crippen LogP contribution in [-0.4, -0.2) is 48.1 Å². The van der Waals surface area contributed by atoms with Crippen LogP contribution in [0.1, 0.15) is 32.3 Å². The fourth-order valence-electron chi connectivity index (χ4n) is 4.07. The molecule has 5 nitrogen and oxygen atoms in total. The van der Waals surface area contributed by atoms with Gasteiger partial charge in [-0.2, -0.15) is 0 Å². The zero-order chi connectivity index (χ0) is 22.0. The fraction of sp³-hybridized carbons (Fsp3) is 0.440. The van der Waals surface area contributed by atoms with Gasteiger partial charge < -0.3 is 15.0 Å². The highest BCUT2D eigenvalue weighted by atomic mass is 19.1. The number of nitrogens with one attached hydrogen (secondary N) is 1. The van der Waals surface area contributed by atoms with Crippen LogP contribution in [-0.2, 0) is 20.7 Å². The molecule has 164 valence electrons. The summed E-state index contributed by atoms with van der Waals surface area (Å²) >= 11 is 0. The summed E-state index contributed by atoms with van der Waals surface area (Å²) in [6, 6.07) is 14.4. The van der Waals surface area contributed by atoms with E-state index in [2.05, 4.69) is 5.32 Å². The molecule has 0 aromatic heterocycles. The van der Waals surface area contributed by atoms with Crippen molar-refractivity contribution in [1.82, 2.24) is 10.2 Å². The zero-order valence-electron chi connectivity index (χ0n) is 18.1. The summed E-state index contributed by atoms with van der Waals surface area (Å²) in [5.41, 5.74) is 1.43. The van der Waals surface area contributed by atoms with Crippen molar-refractivity contribution in [3.63, 3.8) is 0 Å². The lowest BCUT2D eigenvalue weighted by Gasteiger charge is -2.42. The normalized spacial score (nSPS) is 21.2. The van der Waals surface area contributed by atoms with E-state index in [1.54, 1.807) is 11.0 Å². The third-order valence-electron chi connectivity index (χ3n) is 5.89. The highest BCUT2D eigenvalue weighted by Gasteiger charge is 2.46. The van der Waals surface area contributed by atoms with Gasteiger partial charge in [-0.15, -0.1) is 0 Å². The Hall–Kier alpha value is -2.73. The lowest BCUT2D eigenvalue weighted by molar-refractivity contribution is -0.167. The van der Waals surface area contributed by atoms with Crippen molar-refractivity contribution in [2.75, 3.05) is 19.7 Å². The number of benzene rings is 2. The number of rotatable bonds is 6. The van der Waals surface area contributed by atoms with Gasteiger partial charge >= 0.3 is 0 Å². The molecule has 1 aliphatic carbocycles. The van der Waals surface area contributed by atoms with Crippen molar-refractivity contribution in [2.24, 2.45) is 5.92 Å². The monoisotopic (exact) mass is 424 g/mol. The van der Waals surface area contributed by atoms with Gasteiger partial charge in [-0.05, 0) is 41.7 Å². The minimum Gasteiger partial charge on any atom is -0.361 e. The van der Waals surface area contributed by atoms with Crippen LogP contribution >= 0.6 is 0 Å². The van der Waals surface area contributed by atoms with Gasteiger partial charge in [-0.25, -0.2) is 4.39 Å². The van der Waals surface area contributed by atoms with Crippen LogP contribution in [0.25, 0.3) is 11.1 Å². The van der Waals surface area contributed by atoms with Crippen LogP contribution in [0.5, 0.6) is 0 Å². The molecule has 2 aromatic rings. The van der Waals surface area contributed by atoms with Crippen molar-refractivity contribution >= 4 is 11.8 Å². The van der Waals surface area contributed by atoms with Gasteiger partial charge in [0.25, 0.3) is 5.91 Å². The molecule has 0 radical (unpaired) electrons. The van der Waals surface area contributed by atoms with Crippen molar-refractivity contribution in [3.05, 3.63) is 59.9 Å². The number of nitrogens with zero attached hydrogens (tertiary/aromatic N) is 1. The van der Waals surface area contributed by atoms with E-state index < -0.39 is 5.60 Å². The second-order valence-electron chi connectivity index (χ2n) is 8.89. The van der Waals surface area contributed by atoms with Crippen LogP contribution in [0.2, 0.25) is 0 Å². The van der Waals surface area contributed by atoms with Crippen molar-refractivity contribution in [2.45, 2.75) is 44.8 Å². The SMILES string of the molecule is CC(C)C(=O)N1CCOC(Cc2cccc(-c3cccc(F)c3)c2)(C(=O)NC2CC2)C1. The number of halogens is 1. The quantitative estimate of drug-likeness (QED) is 0.771. The topological polar surface area (TPSA) is 58.6 Å². The molecule has 1 N–H and O–H groups in total. The Labute approximate surface area is 182 Å². The van der Waals surface area contributed by atoms with E-state index in [1.807, 2.05) is 44.2 Å². The molecule has 6 heteroatoms. The average Bonchev–Trinajstić information content (AvgIpc) is 3.57. The molecule has 2 aromatic carbocycles. The molecule has 1 saturated carbocycles. The standard InChI is InChI=1S/C25H29FN2O3/c1-17(2)23(29)28-11-12-31-25(16-28,24(30)27-22-9-10-22)15-18-5-3-6-19(13-18)20-7-4-8-21(26)14-20/h3-8,13-14,17,22H,9-12,15-16H2,1-2H3,(H,27,30). The Morgan fingerprint density at radius 1 is 1.16 bits per heavy atom. The third kappa shape index (κ3) is 4.96. The maximum atomic E-state index is 13.7. The summed E-state index contributed by atoms with van der Waals surface area (Å²) in [6.07, 6.45) is 2.30. The van der Waals surface area contributed by atoms with E-state index in [0.29, 0.717) is 19.6 Å². The molecule has 31 heavy (non-hydrogen) atoms. The predicted octanol–water partition coefficient (Wildman–Crippen LogP) is 3.57. The third-order valence-corrected chi connectivity index (χ3v) is 5.89. The summed E-state index contributed by atoms with van der Waals surface area (Å²) in [6.45, 7) is 4.77. The van der Waals surface area contributed by atoms with Gasteiger partial charge in [0, 0.05) is 24.9 Å². The minimum atomic E-state index is -1.13. The van der Waals surface area contributed by atoms with Gasteiger partial charge in [0.2, 0.25) is 5.91 Å². The lowest BCUT2D eigenvalue weighted by Crippen LogP contribution is -2.62. The Kier molecular flexibility index (Phi) is 6.10. The van der Waals surface area contributed by atoms with Crippen molar-refractivity contribution < 1.29 is 18.7 Å². The Balaban J connectivity index is 1.62. The Morgan fingerprint density at radius 2 is 1.87 bits per heavy atom. The van der Waals surface area contributed by atoms with Gasteiger partial charge in [-0.3, -0.25) is 9.59 Å². The summed E-state index contributed by atoms with van der Waals surface area (Å²) in [5.74, 6) is -0.562. The Morgan fingerprint density at radius 3 is 2.55 bits per heavy atom. The number of hydrogen-bond acceptors (Lipinski definition) is 3. The maximum Gasteiger partial charge on any atom is 0.254 e. The van der Waals surface area contributed by atoms with Crippen molar-refractivity contribution in [3.8, 4) is 11.1 Å². The van der Waals surface area contributed by atoms with Gasteiger partial charge in [0.05, 0.1) is 13.2 Å².